The van der Waals surface area contributed by atoms with Gasteiger partial charge in [0, 0.05) is 12.0 Å². The third-order valence-corrected chi connectivity index (χ3v) is 3.02. The molecule has 1 unspecified atom stereocenters. The Morgan fingerprint density at radius 1 is 1.06 bits per heavy atom. The molecule has 0 amide bonds. The number of aryl methyl sites for hydroxylation is 1. The number of ketones is 1. The molecule has 0 aromatic heterocycles. The van der Waals surface area contributed by atoms with Gasteiger partial charge in [0.2, 0.25) is 0 Å². The Balaban J connectivity index is 2.11. The standard InChI is InChI=1S/C16H16O2/c1-12-7-5-6-10-14(12)16(18)11-15(17)13-8-3-2-4-9-13/h2-10,16,18H,11H2,1H3. The number of aliphatic hydroxyl groups is 1. The van der Waals surface area contributed by atoms with Crippen molar-refractivity contribution in [3.63, 3.8) is 0 Å². The van der Waals surface area contributed by atoms with Crippen molar-refractivity contribution >= 4 is 5.78 Å². The third kappa shape index (κ3) is 2.84. The van der Waals surface area contributed by atoms with Crippen molar-refractivity contribution in [3.8, 4) is 0 Å². The molecule has 0 heterocycles. The molecule has 92 valence electrons. The second-order valence-corrected chi connectivity index (χ2v) is 4.37. The molecular weight excluding hydrogens is 224 g/mol. The van der Waals surface area contributed by atoms with E-state index in [-0.39, 0.29) is 12.2 Å². The van der Waals surface area contributed by atoms with E-state index in [0.29, 0.717) is 5.56 Å². The number of rotatable bonds is 4. The van der Waals surface area contributed by atoms with Gasteiger partial charge in [0.1, 0.15) is 0 Å². The van der Waals surface area contributed by atoms with Crippen LogP contribution in [0.4, 0.5) is 0 Å². The van der Waals surface area contributed by atoms with E-state index in [1.165, 1.54) is 0 Å². The Morgan fingerprint density at radius 2 is 1.67 bits per heavy atom. The van der Waals surface area contributed by atoms with Crippen molar-refractivity contribution in [2.24, 2.45) is 0 Å². The molecule has 0 aliphatic carbocycles. The maximum absolute atomic E-state index is 12.0. The molecule has 18 heavy (non-hydrogen) atoms. The molecule has 0 fully saturated rings. The molecule has 1 N–H and O–H groups in total. The molecule has 2 nitrogen and oxygen atoms in total. The fourth-order valence-corrected chi connectivity index (χ4v) is 1.99. The first-order chi connectivity index (χ1) is 8.68. The molecule has 1 atom stereocenters. The van der Waals surface area contributed by atoms with E-state index in [1.54, 1.807) is 12.1 Å². The topological polar surface area (TPSA) is 37.3 Å². The minimum Gasteiger partial charge on any atom is -0.388 e. The Morgan fingerprint density at radius 3 is 2.33 bits per heavy atom. The molecule has 0 saturated carbocycles. The lowest BCUT2D eigenvalue weighted by molar-refractivity contribution is 0.0879. The third-order valence-electron chi connectivity index (χ3n) is 3.02. The number of Topliss-reactive ketones (excluding diaryl/α,β-unsaturated/α-hetero) is 1. The summed E-state index contributed by atoms with van der Waals surface area (Å²) in [5.41, 5.74) is 2.47. The Bertz CT molecular complexity index is 532. The first-order valence-corrected chi connectivity index (χ1v) is 6.00. The number of aliphatic hydroxyl groups excluding tert-OH is 1. The van der Waals surface area contributed by atoms with E-state index >= 15 is 0 Å². The first-order valence-electron chi connectivity index (χ1n) is 6.00. The summed E-state index contributed by atoms with van der Waals surface area (Å²) in [5.74, 6) is -0.0358. The van der Waals surface area contributed by atoms with Crippen LogP contribution in [0.3, 0.4) is 0 Å². The van der Waals surface area contributed by atoms with Crippen molar-refractivity contribution in [3.05, 3.63) is 71.3 Å². The van der Waals surface area contributed by atoms with Gasteiger partial charge in [-0.25, -0.2) is 0 Å². The second-order valence-electron chi connectivity index (χ2n) is 4.37. The van der Waals surface area contributed by atoms with Gasteiger partial charge in [0.05, 0.1) is 6.10 Å². The highest BCUT2D eigenvalue weighted by molar-refractivity contribution is 5.96. The predicted octanol–water partition coefficient (Wildman–Crippen LogP) is 3.30. The van der Waals surface area contributed by atoms with Gasteiger partial charge in [0.25, 0.3) is 0 Å². The minimum atomic E-state index is -0.737. The van der Waals surface area contributed by atoms with Gasteiger partial charge in [-0.1, -0.05) is 54.6 Å². The molecule has 2 aromatic carbocycles. The van der Waals surface area contributed by atoms with Crippen LogP contribution in [0.15, 0.2) is 54.6 Å². The lowest BCUT2D eigenvalue weighted by Crippen LogP contribution is -2.08. The van der Waals surface area contributed by atoms with Crippen LogP contribution in [0.5, 0.6) is 0 Å². The molecule has 0 aliphatic heterocycles. The normalized spacial score (nSPS) is 12.1. The van der Waals surface area contributed by atoms with Crippen LogP contribution in [-0.2, 0) is 0 Å². The average Bonchev–Trinajstić information content (AvgIpc) is 2.40. The molecular formula is C16H16O2. The zero-order valence-electron chi connectivity index (χ0n) is 10.3. The number of hydrogen-bond donors (Lipinski definition) is 1. The molecule has 2 aromatic rings. The molecule has 0 spiro atoms. The van der Waals surface area contributed by atoms with Gasteiger partial charge in [-0.15, -0.1) is 0 Å². The van der Waals surface area contributed by atoms with Crippen LogP contribution in [0.1, 0.15) is 34.0 Å². The van der Waals surface area contributed by atoms with E-state index in [9.17, 15) is 9.90 Å². The maximum Gasteiger partial charge on any atom is 0.165 e. The van der Waals surface area contributed by atoms with Gasteiger partial charge in [-0.2, -0.15) is 0 Å². The summed E-state index contributed by atoms with van der Waals surface area (Å²) < 4.78 is 0. The van der Waals surface area contributed by atoms with E-state index in [1.807, 2.05) is 49.4 Å². The highest BCUT2D eigenvalue weighted by Crippen LogP contribution is 2.22. The van der Waals surface area contributed by atoms with Crippen molar-refractivity contribution in [2.75, 3.05) is 0 Å². The second kappa shape index (κ2) is 5.61. The largest absolute Gasteiger partial charge is 0.388 e. The summed E-state index contributed by atoms with van der Waals surface area (Å²) in [6.07, 6.45) is -0.617. The monoisotopic (exact) mass is 240 g/mol. The van der Waals surface area contributed by atoms with Crippen LogP contribution >= 0.6 is 0 Å². The molecule has 0 aliphatic rings. The van der Waals surface area contributed by atoms with Crippen LogP contribution in [-0.4, -0.2) is 10.9 Å². The van der Waals surface area contributed by atoms with Crippen LogP contribution in [0.25, 0.3) is 0 Å². The maximum atomic E-state index is 12.0. The summed E-state index contributed by atoms with van der Waals surface area (Å²) in [6, 6.07) is 16.7. The molecule has 0 bridgehead atoms. The predicted molar refractivity (Wildman–Crippen MR) is 71.5 cm³/mol. The lowest BCUT2D eigenvalue weighted by atomic mass is 9.97. The van der Waals surface area contributed by atoms with Crippen LogP contribution in [0.2, 0.25) is 0 Å². The summed E-state index contributed by atoms with van der Waals surface area (Å²) in [7, 11) is 0. The minimum absolute atomic E-state index is 0.0358. The first kappa shape index (κ1) is 12.5. The molecule has 2 heteroatoms. The Kier molecular flexibility index (Phi) is 3.90. The summed E-state index contributed by atoms with van der Waals surface area (Å²) >= 11 is 0. The van der Waals surface area contributed by atoms with Gasteiger partial charge >= 0.3 is 0 Å². The number of hydrogen-bond acceptors (Lipinski definition) is 2. The zero-order valence-corrected chi connectivity index (χ0v) is 10.3. The fourth-order valence-electron chi connectivity index (χ4n) is 1.99. The Labute approximate surface area is 107 Å². The van der Waals surface area contributed by atoms with Gasteiger partial charge < -0.3 is 5.11 Å². The molecule has 2 rings (SSSR count). The summed E-state index contributed by atoms with van der Waals surface area (Å²) in [4.78, 5) is 12.0. The van der Waals surface area contributed by atoms with Gasteiger partial charge in [-0.05, 0) is 18.1 Å². The average molecular weight is 240 g/mol. The Hall–Kier alpha value is -1.93. The van der Waals surface area contributed by atoms with Crippen LogP contribution in [0, 0.1) is 6.92 Å². The number of carbonyl (C=O) groups is 1. The highest BCUT2D eigenvalue weighted by Gasteiger charge is 2.15. The highest BCUT2D eigenvalue weighted by atomic mass is 16.3. The van der Waals surface area contributed by atoms with Crippen molar-refractivity contribution in [2.45, 2.75) is 19.4 Å². The number of benzene rings is 2. The van der Waals surface area contributed by atoms with E-state index in [4.69, 9.17) is 0 Å². The fraction of sp³-hybridized carbons (Fsp3) is 0.188. The quantitative estimate of drug-likeness (QED) is 0.832. The van der Waals surface area contributed by atoms with E-state index < -0.39 is 6.10 Å². The van der Waals surface area contributed by atoms with E-state index in [0.717, 1.165) is 11.1 Å². The summed E-state index contributed by atoms with van der Waals surface area (Å²) in [5, 5.41) is 10.1. The lowest BCUT2D eigenvalue weighted by Gasteiger charge is -2.12. The van der Waals surface area contributed by atoms with Crippen molar-refractivity contribution < 1.29 is 9.90 Å². The summed E-state index contributed by atoms with van der Waals surface area (Å²) in [6.45, 7) is 1.94. The van der Waals surface area contributed by atoms with Crippen molar-refractivity contribution in [1.29, 1.82) is 0 Å². The van der Waals surface area contributed by atoms with Gasteiger partial charge in [0.15, 0.2) is 5.78 Å². The smallest absolute Gasteiger partial charge is 0.165 e. The molecule has 0 radical (unpaired) electrons. The number of carbonyl (C=O) groups excluding carboxylic acids is 1. The SMILES string of the molecule is Cc1ccccc1C(O)CC(=O)c1ccccc1. The molecule has 0 saturated heterocycles. The van der Waals surface area contributed by atoms with E-state index in [2.05, 4.69) is 0 Å². The van der Waals surface area contributed by atoms with Gasteiger partial charge in [-0.3, -0.25) is 4.79 Å². The zero-order chi connectivity index (χ0) is 13.0. The van der Waals surface area contributed by atoms with Crippen LogP contribution < -0.4 is 0 Å². The van der Waals surface area contributed by atoms with Crippen molar-refractivity contribution in [1.82, 2.24) is 0 Å².